The summed E-state index contributed by atoms with van der Waals surface area (Å²) in [6.07, 6.45) is 1.99. The van der Waals surface area contributed by atoms with E-state index >= 15 is 0 Å². The molecule has 1 aliphatic carbocycles. The molecule has 0 atom stereocenters. The normalized spacial score (nSPS) is 14.3. The average molecular weight is 424 g/mol. The molecular weight excluding hydrogens is 398 g/mol. The third kappa shape index (κ3) is 2.40. The van der Waals surface area contributed by atoms with E-state index in [-0.39, 0.29) is 5.41 Å². The lowest BCUT2D eigenvalue weighted by molar-refractivity contribution is 0.646. The fourth-order valence-electron chi connectivity index (χ4n) is 5.98. The van der Waals surface area contributed by atoms with Crippen LogP contribution in [0.4, 0.5) is 0 Å². The van der Waals surface area contributed by atoms with Gasteiger partial charge in [0.2, 0.25) is 0 Å². The molecule has 1 aliphatic rings. The molecule has 0 unspecified atom stereocenters. The lowest BCUT2D eigenvalue weighted by Crippen LogP contribution is -2.24. The molecule has 0 N–H and O–H groups in total. The van der Waals surface area contributed by atoms with Gasteiger partial charge in [0.25, 0.3) is 0 Å². The van der Waals surface area contributed by atoms with Crippen molar-refractivity contribution in [3.8, 4) is 11.3 Å². The maximum atomic E-state index is 4.95. The Bertz CT molecular complexity index is 1800. The highest BCUT2D eigenvalue weighted by Gasteiger charge is 2.35. The van der Waals surface area contributed by atoms with Crippen molar-refractivity contribution in [3.05, 3.63) is 101 Å². The van der Waals surface area contributed by atoms with Gasteiger partial charge in [-0.25, -0.2) is 0 Å². The van der Waals surface area contributed by atoms with Crippen molar-refractivity contribution in [1.82, 2.24) is 4.98 Å². The van der Waals surface area contributed by atoms with Crippen LogP contribution in [0.5, 0.6) is 0 Å². The molecule has 0 bridgehead atoms. The molecule has 1 heterocycles. The van der Waals surface area contributed by atoms with Gasteiger partial charge in [0.05, 0.1) is 5.69 Å². The van der Waals surface area contributed by atoms with Gasteiger partial charge in [-0.3, -0.25) is 4.98 Å². The summed E-state index contributed by atoms with van der Waals surface area (Å²) >= 11 is 0. The first kappa shape index (κ1) is 18.8. The quantitative estimate of drug-likeness (QED) is 0.223. The summed E-state index contributed by atoms with van der Waals surface area (Å²) in [6.45, 7) is 9.16. The van der Waals surface area contributed by atoms with E-state index in [1.807, 2.05) is 6.20 Å². The summed E-state index contributed by atoms with van der Waals surface area (Å²) in [4.78, 5) is 4.95. The summed E-state index contributed by atoms with van der Waals surface area (Å²) in [7, 11) is 0. The minimum atomic E-state index is -0.121. The zero-order valence-electron chi connectivity index (χ0n) is 19.5. The van der Waals surface area contributed by atoms with Crippen LogP contribution >= 0.6 is 0 Å². The van der Waals surface area contributed by atoms with Gasteiger partial charge in [0, 0.05) is 22.6 Å². The van der Waals surface area contributed by atoms with Crippen LogP contribution in [-0.4, -0.2) is 4.98 Å². The molecule has 1 nitrogen and oxygen atoms in total. The first-order valence-corrected chi connectivity index (χ1v) is 11.7. The Labute approximate surface area is 193 Å². The molecule has 158 valence electrons. The highest BCUT2D eigenvalue weighted by Crippen LogP contribution is 2.51. The van der Waals surface area contributed by atoms with Gasteiger partial charge in [-0.05, 0) is 98.1 Å². The largest absolute Gasteiger partial charge is 0.256 e. The Morgan fingerprint density at radius 2 is 1.36 bits per heavy atom. The van der Waals surface area contributed by atoms with Crippen molar-refractivity contribution in [2.75, 3.05) is 0 Å². The number of hydrogen-bond donors (Lipinski definition) is 0. The first-order valence-electron chi connectivity index (χ1n) is 11.7. The molecule has 1 heteroatoms. The third-order valence-corrected chi connectivity index (χ3v) is 7.96. The number of benzene rings is 5. The van der Waals surface area contributed by atoms with E-state index in [0.717, 1.165) is 5.69 Å². The molecule has 0 aliphatic heterocycles. The van der Waals surface area contributed by atoms with Crippen LogP contribution in [0.25, 0.3) is 54.3 Å². The number of aryl methyl sites for hydroxylation is 2. The minimum Gasteiger partial charge on any atom is -0.256 e. The molecule has 0 saturated carbocycles. The zero-order valence-corrected chi connectivity index (χ0v) is 19.5. The minimum absolute atomic E-state index is 0.121. The summed E-state index contributed by atoms with van der Waals surface area (Å²) in [5.41, 5.74) is 7.69. The van der Waals surface area contributed by atoms with Crippen molar-refractivity contribution >= 4 is 43.1 Å². The van der Waals surface area contributed by atoms with Crippen molar-refractivity contribution in [2.24, 2.45) is 0 Å². The molecular formula is C32H25N. The van der Waals surface area contributed by atoms with Gasteiger partial charge >= 0.3 is 0 Å². The monoisotopic (exact) mass is 423 g/mol. The fraction of sp³-hybridized carbons (Fsp3) is 0.156. The molecule has 7 rings (SSSR count). The predicted molar refractivity (Wildman–Crippen MR) is 141 cm³/mol. The summed E-state index contributed by atoms with van der Waals surface area (Å²) in [5, 5.41) is 10.5. The molecule has 6 aromatic rings. The zero-order chi connectivity index (χ0) is 22.5. The number of nitrogens with zero attached hydrogens (tertiary/aromatic N) is 1. The van der Waals surface area contributed by atoms with Crippen molar-refractivity contribution in [2.45, 2.75) is 33.1 Å². The summed E-state index contributed by atoms with van der Waals surface area (Å²) < 4.78 is 0. The van der Waals surface area contributed by atoms with Crippen LogP contribution in [0.3, 0.4) is 0 Å². The second-order valence-corrected chi connectivity index (χ2v) is 10.2. The van der Waals surface area contributed by atoms with E-state index in [4.69, 9.17) is 4.98 Å². The Morgan fingerprint density at radius 1 is 0.606 bits per heavy atom. The molecule has 0 radical (unpaired) electrons. The van der Waals surface area contributed by atoms with E-state index in [1.165, 1.54) is 70.9 Å². The molecule has 0 spiro atoms. The maximum Gasteiger partial charge on any atom is 0.0786 e. The van der Waals surface area contributed by atoms with Crippen LogP contribution in [0.15, 0.2) is 79.0 Å². The molecule has 0 amide bonds. The SMILES string of the molecule is Cc1cc2ccc3c4ccnc5c4c(cc3c2cc1C)C(C)(C)c1cc2ccccc2cc1-5. The van der Waals surface area contributed by atoms with Crippen molar-refractivity contribution < 1.29 is 0 Å². The molecule has 5 aromatic carbocycles. The molecule has 33 heavy (non-hydrogen) atoms. The highest BCUT2D eigenvalue weighted by molar-refractivity contribution is 6.21. The smallest absolute Gasteiger partial charge is 0.0786 e. The van der Waals surface area contributed by atoms with Crippen molar-refractivity contribution in [1.29, 1.82) is 0 Å². The lowest BCUT2D eigenvalue weighted by atomic mass is 9.68. The van der Waals surface area contributed by atoms with Crippen LogP contribution in [0, 0.1) is 13.8 Å². The number of fused-ring (bicyclic) bond motifs is 7. The van der Waals surface area contributed by atoms with E-state index in [0.29, 0.717) is 0 Å². The van der Waals surface area contributed by atoms with Crippen LogP contribution < -0.4 is 0 Å². The second kappa shape index (κ2) is 6.20. The standard InChI is InChI=1S/C32H25N/c1-18-13-22-9-10-23-24-11-12-33-31-27-15-20-7-5-6-8-21(20)16-28(27)32(3,4)29(30(24)31)17-26(23)25(22)14-19(18)2/h5-17H,1-4H3. The van der Waals surface area contributed by atoms with E-state index < -0.39 is 0 Å². The first-order chi connectivity index (χ1) is 15.9. The predicted octanol–water partition coefficient (Wildman–Crippen LogP) is 8.62. The summed E-state index contributed by atoms with van der Waals surface area (Å²) in [6, 6.07) is 27.3. The topological polar surface area (TPSA) is 12.9 Å². The van der Waals surface area contributed by atoms with Crippen LogP contribution in [0.1, 0.15) is 36.1 Å². The van der Waals surface area contributed by atoms with Crippen LogP contribution in [-0.2, 0) is 5.41 Å². The summed E-state index contributed by atoms with van der Waals surface area (Å²) in [5.74, 6) is 0. The maximum absolute atomic E-state index is 4.95. The average Bonchev–Trinajstić information content (AvgIpc) is 2.82. The number of rotatable bonds is 0. The Balaban J connectivity index is 1.70. The second-order valence-electron chi connectivity index (χ2n) is 10.2. The third-order valence-electron chi connectivity index (χ3n) is 7.96. The molecule has 1 aromatic heterocycles. The number of aromatic nitrogens is 1. The van der Waals surface area contributed by atoms with Gasteiger partial charge in [-0.2, -0.15) is 0 Å². The van der Waals surface area contributed by atoms with Gasteiger partial charge in [-0.15, -0.1) is 0 Å². The van der Waals surface area contributed by atoms with Gasteiger partial charge in [0.15, 0.2) is 0 Å². The molecule has 0 saturated heterocycles. The van der Waals surface area contributed by atoms with Crippen LogP contribution in [0.2, 0.25) is 0 Å². The Hall–Kier alpha value is -3.71. The Morgan fingerprint density at radius 3 is 2.18 bits per heavy atom. The van der Waals surface area contributed by atoms with E-state index in [9.17, 15) is 0 Å². The van der Waals surface area contributed by atoms with Gasteiger partial charge < -0.3 is 0 Å². The fourth-order valence-corrected chi connectivity index (χ4v) is 5.98. The Kier molecular flexibility index (Phi) is 3.54. The van der Waals surface area contributed by atoms with E-state index in [1.54, 1.807) is 0 Å². The number of hydrogen-bond acceptors (Lipinski definition) is 1. The van der Waals surface area contributed by atoms with Gasteiger partial charge in [-0.1, -0.05) is 62.4 Å². The lowest BCUT2D eigenvalue weighted by Gasteiger charge is -2.35. The molecule has 0 fully saturated rings. The highest BCUT2D eigenvalue weighted by atomic mass is 14.7. The van der Waals surface area contributed by atoms with Gasteiger partial charge in [0.1, 0.15) is 0 Å². The van der Waals surface area contributed by atoms with E-state index in [2.05, 4.69) is 100 Å². The van der Waals surface area contributed by atoms with Crippen molar-refractivity contribution in [3.63, 3.8) is 0 Å². The number of pyridine rings is 1.